The summed E-state index contributed by atoms with van der Waals surface area (Å²) in [6.07, 6.45) is 0. The van der Waals surface area contributed by atoms with Gasteiger partial charge in [-0.2, -0.15) is 4.31 Å². The van der Waals surface area contributed by atoms with E-state index in [-0.39, 0.29) is 11.4 Å². The Balaban J connectivity index is 3.25. The van der Waals surface area contributed by atoms with Gasteiger partial charge in [0.1, 0.15) is 11.3 Å². The number of hydrogen-bond donors (Lipinski definition) is 2. The van der Waals surface area contributed by atoms with Gasteiger partial charge in [-0.1, -0.05) is 0 Å². The Hall–Kier alpha value is -1.64. The lowest BCUT2D eigenvalue weighted by Crippen LogP contribution is -2.34. The molecule has 0 saturated heterocycles. The zero-order valence-corrected chi connectivity index (χ0v) is 13.3. The van der Waals surface area contributed by atoms with E-state index in [1.165, 1.54) is 14.0 Å². The number of phenols is 1. The molecule has 0 heterocycles. The molecule has 1 aromatic rings. The molecule has 0 amide bonds. The third kappa shape index (κ3) is 3.93. The molecule has 0 bridgehead atoms. The maximum atomic E-state index is 12.5. The predicted octanol–water partition coefficient (Wildman–Crippen LogP) is 0.581. The number of carboxylic acids is 1. The molecule has 1 rings (SSSR count). The molecule has 2 N–H and O–H groups in total. The Morgan fingerprint density at radius 3 is 2.24 bits per heavy atom. The van der Waals surface area contributed by atoms with Crippen molar-refractivity contribution in [2.45, 2.75) is 11.8 Å². The SMILES string of the molecule is Cc1cc(O)c(C(=O)O)cc1S(=O)(=O)N(C)CCN(C)C. The second kappa shape index (κ2) is 6.42. The average molecular weight is 316 g/mol. The number of aryl methyl sites for hydroxylation is 1. The van der Waals surface area contributed by atoms with Gasteiger partial charge in [-0.3, -0.25) is 0 Å². The number of benzene rings is 1. The Morgan fingerprint density at radius 2 is 1.76 bits per heavy atom. The monoisotopic (exact) mass is 316 g/mol. The lowest BCUT2D eigenvalue weighted by molar-refractivity contribution is 0.0693. The van der Waals surface area contributed by atoms with Crippen LogP contribution in [0.15, 0.2) is 17.0 Å². The third-order valence-corrected chi connectivity index (χ3v) is 5.07. The Bertz CT molecular complexity index is 640. The van der Waals surface area contributed by atoms with Crippen LogP contribution in [-0.4, -0.2) is 68.0 Å². The molecule has 0 aliphatic carbocycles. The van der Waals surface area contributed by atoms with Crippen LogP contribution in [0.1, 0.15) is 15.9 Å². The molecule has 0 spiro atoms. The summed E-state index contributed by atoms with van der Waals surface area (Å²) >= 11 is 0. The summed E-state index contributed by atoms with van der Waals surface area (Å²) in [6.45, 7) is 2.33. The smallest absolute Gasteiger partial charge is 0.339 e. The second-order valence-corrected chi connectivity index (χ2v) is 7.08. The fourth-order valence-electron chi connectivity index (χ4n) is 1.75. The number of aromatic hydroxyl groups is 1. The fraction of sp³-hybridized carbons (Fsp3) is 0.462. The summed E-state index contributed by atoms with van der Waals surface area (Å²) in [5.41, 5.74) is -0.130. The van der Waals surface area contributed by atoms with Crippen LogP contribution < -0.4 is 0 Å². The van der Waals surface area contributed by atoms with Crippen LogP contribution in [0.25, 0.3) is 0 Å². The van der Waals surface area contributed by atoms with Crippen LogP contribution in [0.2, 0.25) is 0 Å². The topological polar surface area (TPSA) is 98.1 Å². The number of carbonyl (C=O) groups is 1. The first-order valence-corrected chi connectivity index (χ1v) is 7.69. The molecule has 1 aromatic carbocycles. The van der Waals surface area contributed by atoms with Gasteiger partial charge >= 0.3 is 5.97 Å². The molecule has 7 nitrogen and oxygen atoms in total. The first kappa shape index (κ1) is 17.4. The quantitative estimate of drug-likeness (QED) is 0.797. The Kier molecular flexibility index (Phi) is 5.32. The molecule has 0 aromatic heterocycles. The van der Waals surface area contributed by atoms with Gasteiger partial charge in [-0.15, -0.1) is 0 Å². The van der Waals surface area contributed by atoms with Gasteiger partial charge in [0.2, 0.25) is 10.0 Å². The molecule has 0 atom stereocenters. The molecule has 0 unspecified atom stereocenters. The summed E-state index contributed by atoms with van der Waals surface area (Å²) in [4.78, 5) is 12.8. The van der Waals surface area contributed by atoms with Crippen molar-refractivity contribution in [2.75, 3.05) is 34.2 Å². The largest absolute Gasteiger partial charge is 0.507 e. The van der Waals surface area contributed by atoms with Crippen molar-refractivity contribution in [3.05, 3.63) is 23.3 Å². The van der Waals surface area contributed by atoms with E-state index in [1.807, 2.05) is 19.0 Å². The lowest BCUT2D eigenvalue weighted by Gasteiger charge is -2.21. The van der Waals surface area contributed by atoms with Crippen molar-refractivity contribution in [2.24, 2.45) is 0 Å². The minimum atomic E-state index is -3.81. The molecular formula is C13H20N2O5S. The number of hydrogen-bond acceptors (Lipinski definition) is 5. The van der Waals surface area contributed by atoms with Crippen molar-refractivity contribution in [1.82, 2.24) is 9.21 Å². The summed E-state index contributed by atoms with van der Waals surface area (Å²) in [5, 5.41) is 18.6. The average Bonchev–Trinajstić information content (AvgIpc) is 2.34. The van der Waals surface area contributed by atoms with Crippen LogP contribution in [0, 0.1) is 6.92 Å². The van der Waals surface area contributed by atoms with Gasteiger partial charge < -0.3 is 15.1 Å². The number of rotatable bonds is 6. The number of sulfonamides is 1. The Morgan fingerprint density at radius 1 is 1.19 bits per heavy atom. The van der Waals surface area contributed by atoms with Crippen LogP contribution in [0.5, 0.6) is 5.75 Å². The van der Waals surface area contributed by atoms with Crippen molar-refractivity contribution in [3.63, 3.8) is 0 Å². The third-order valence-electron chi connectivity index (χ3n) is 3.07. The number of likely N-dealkylation sites (N-methyl/N-ethyl adjacent to an activating group) is 2. The molecule has 0 saturated carbocycles. The highest BCUT2D eigenvalue weighted by Gasteiger charge is 2.25. The van der Waals surface area contributed by atoms with Gasteiger partial charge in [0, 0.05) is 20.1 Å². The molecule has 0 radical (unpaired) electrons. The van der Waals surface area contributed by atoms with Gasteiger partial charge in [0.15, 0.2) is 0 Å². The fourth-order valence-corrected chi connectivity index (χ4v) is 3.14. The molecular weight excluding hydrogens is 296 g/mol. The molecule has 0 aliphatic rings. The summed E-state index contributed by atoms with van der Waals surface area (Å²) in [5.74, 6) is -1.82. The Labute approximate surface area is 124 Å². The minimum absolute atomic E-state index is 0.112. The van der Waals surface area contributed by atoms with Gasteiger partial charge in [-0.25, -0.2) is 13.2 Å². The van der Waals surface area contributed by atoms with Gasteiger partial charge in [0.05, 0.1) is 4.90 Å². The van der Waals surface area contributed by atoms with E-state index >= 15 is 0 Å². The highest BCUT2D eigenvalue weighted by molar-refractivity contribution is 7.89. The summed E-state index contributed by atoms with van der Waals surface area (Å²) < 4.78 is 26.1. The van der Waals surface area contributed by atoms with E-state index in [9.17, 15) is 18.3 Å². The maximum absolute atomic E-state index is 12.5. The normalized spacial score (nSPS) is 12.1. The van der Waals surface area contributed by atoms with E-state index in [0.717, 1.165) is 16.4 Å². The number of nitrogens with zero attached hydrogens (tertiary/aromatic N) is 2. The van der Waals surface area contributed by atoms with Crippen molar-refractivity contribution < 1.29 is 23.4 Å². The standard InChI is InChI=1S/C13H20N2O5S/c1-9-7-11(16)10(13(17)18)8-12(9)21(19,20)15(4)6-5-14(2)3/h7-8,16H,5-6H2,1-4H3,(H,17,18). The molecule has 8 heteroatoms. The molecule has 0 aliphatic heterocycles. The van der Waals surface area contributed by atoms with E-state index in [0.29, 0.717) is 12.1 Å². The van der Waals surface area contributed by atoms with E-state index in [4.69, 9.17) is 5.11 Å². The summed E-state index contributed by atoms with van der Waals surface area (Å²) in [7, 11) is 1.29. The van der Waals surface area contributed by atoms with E-state index < -0.39 is 27.3 Å². The van der Waals surface area contributed by atoms with Crippen LogP contribution in [0.4, 0.5) is 0 Å². The first-order chi connectivity index (χ1) is 9.57. The highest BCUT2D eigenvalue weighted by Crippen LogP contribution is 2.27. The van der Waals surface area contributed by atoms with Crippen molar-refractivity contribution in [1.29, 1.82) is 0 Å². The van der Waals surface area contributed by atoms with Crippen molar-refractivity contribution in [3.8, 4) is 5.75 Å². The zero-order chi connectivity index (χ0) is 16.4. The predicted molar refractivity (Wildman–Crippen MR) is 78.2 cm³/mol. The molecule has 21 heavy (non-hydrogen) atoms. The number of aromatic carboxylic acids is 1. The van der Waals surface area contributed by atoms with Crippen LogP contribution in [0.3, 0.4) is 0 Å². The van der Waals surface area contributed by atoms with Gasteiger partial charge in [-0.05, 0) is 38.7 Å². The highest BCUT2D eigenvalue weighted by atomic mass is 32.2. The number of carboxylic acid groups (broad SMARTS) is 1. The zero-order valence-electron chi connectivity index (χ0n) is 12.5. The summed E-state index contributed by atoms with van der Waals surface area (Å²) in [6, 6.07) is 2.14. The van der Waals surface area contributed by atoms with Crippen LogP contribution >= 0.6 is 0 Å². The lowest BCUT2D eigenvalue weighted by atomic mass is 10.1. The minimum Gasteiger partial charge on any atom is -0.507 e. The van der Waals surface area contributed by atoms with Crippen LogP contribution in [-0.2, 0) is 10.0 Å². The van der Waals surface area contributed by atoms with Gasteiger partial charge in [0.25, 0.3) is 0 Å². The molecule has 118 valence electrons. The first-order valence-electron chi connectivity index (χ1n) is 6.25. The second-order valence-electron chi connectivity index (χ2n) is 5.07. The van der Waals surface area contributed by atoms with E-state index in [1.54, 1.807) is 0 Å². The van der Waals surface area contributed by atoms with Crippen molar-refractivity contribution >= 4 is 16.0 Å². The molecule has 0 fully saturated rings. The maximum Gasteiger partial charge on any atom is 0.339 e. The van der Waals surface area contributed by atoms with E-state index in [2.05, 4.69) is 0 Å².